The SMILES string of the molecule is COC(=O)N[C@@H](C=O)Cc1ccc2c(c1)OCO2. The van der Waals surface area contributed by atoms with Crippen molar-refractivity contribution in [3.63, 3.8) is 0 Å². The third-order valence-corrected chi connectivity index (χ3v) is 2.55. The molecule has 1 N–H and O–H groups in total. The van der Waals surface area contributed by atoms with Gasteiger partial charge in [0.1, 0.15) is 6.29 Å². The highest BCUT2D eigenvalue weighted by Crippen LogP contribution is 2.32. The summed E-state index contributed by atoms with van der Waals surface area (Å²) in [7, 11) is 1.25. The summed E-state index contributed by atoms with van der Waals surface area (Å²) >= 11 is 0. The predicted octanol–water partition coefficient (Wildman–Crippen LogP) is 0.881. The van der Waals surface area contributed by atoms with Crippen molar-refractivity contribution in [2.24, 2.45) is 0 Å². The maximum Gasteiger partial charge on any atom is 0.407 e. The standard InChI is InChI=1S/C12H13NO5/c1-16-12(15)13-9(6-14)4-8-2-3-10-11(5-8)18-7-17-10/h2-3,5-6,9H,4,7H2,1H3,(H,13,15)/t9-/m1/s1. The van der Waals surface area contributed by atoms with Crippen LogP contribution in [-0.2, 0) is 16.0 Å². The minimum atomic E-state index is -0.632. The van der Waals surface area contributed by atoms with Crippen LogP contribution in [0.2, 0.25) is 0 Å². The number of hydrogen-bond acceptors (Lipinski definition) is 5. The van der Waals surface area contributed by atoms with Gasteiger partial charge in [-0.3, -0.25) is 0 Å². The fraction of sp³-hybridized carbons (Fsp3) is 0.333. The fourth-order valence-electron chi connectivity index (χ4n) is 1.67. The van der Waals surface area contributed by atoms with E-state index in [1.807, 2.05) is 6.07 Å². The quantitative estimate of drug-likeness (QED) is 0.804. The number of rotatable bonds is 4. The maximum atomic E-state index is 11.0. The molecular formula is C12H13NO5. The zero-order valence-electron chi connectivity index (χ0n) is 9.84. The van der Waals surface area contributed by atoms with Crippen LogP contribution in [0.1, 0.15) is 5.56 Å². The van der Waals surface area contributed by atoms with E-state index in [1.165, 1.54) is 7.11 Å². The molecule has 1 aromatic rings. The topological polar surface area (TPSA) is 73.9 Å². The molecule has 18 heavy (non-hydrogen) atoms. The molecule has 1 heterocycles. The van der Waals surface area contributed by atoms with Crippen LogP contribution in [0, 0.1) is 0 Å². The molecule has 0 saturated heterocycles. The molecule has 6 heteroatoms. The summed E-state index contributed by atoms with van der Waals surface area (Å²) in [5.41, 5.74) is 0.868. The van der Waals surface area contributed by atoms with Gasteiger partial charge in [0.05, 0.1) is 13.2 Å². The number of carbonyl (C=O) groups is 2. The van der Waals surface area contributed by atoms with Gasteiger partial charge in [-0.25, -0.2) is 4.79 Å². The van der Waals surface area contributed by atoms with Crippen molar-refractivity contribution in [1.82, 2.24) is 5.32 Å². The number of alkyl carbamates (subject to hydrolysis) is 1. The molecule has 1 amide bonds. The van der Waals surface area contributed by atoms with Gasteiger partial charge in [0.25, 0.3) is 0 Å². The first-order chi connectivity index (χ1) is 8.72. The van der Waals surface area contributed by atoms with E-state index in [0.29, 0.717) is 24.2 Å². The zero-order chi connectivity index (χ0) is 13.0. The van der Waals surface area contributed by atoms with Crippen LogP contribution in [0.15, 0.2) is 18.2 Å². The number of nitrogens with one attached hydrogen (secondary N) is 1. The highest BCUT2D eigenvalue weighted by Gasteiger charge is 2.16. The Morgan fingerprint density at radius 2 is 2.28 bits per heavy atom. The lowest BCUT2D eigenvalue weighted by Gasteiger charge is -2.11. The van der Waals surface area contributed by atoms with Crippen LogP contribution in [0.3, 0.4) is 0 Å². The highest BCUT2D eigenvalue weighted by atomic mass is 16.7. The minimum absolute atomic E-state index is 0.205. The molecule has 0 aromatic heterocycles. The van der Waals surface area contributed by atoms with Crippen molar-refractivity contribution in [2.45, 2.75) is 12.5 Å². The maximum absolute atomic E-state index is 11.0. The summed E-state index contributed by atoms with van der Waals surface area (Å²) in [4.78, 5) is 21.9. The molecule has 0 fully saturated rings. The molecule has 0 spiro atoms. The molecule has 1 atom stereocenters. The Morgan fingerprint density at radius 3 is 3.00 bits per heavy atom. The molecule has 0 aliphatic carbocycles. The number of ether oxygens (including phenoxy) is 3. The van der Waals surface area contributed by atoms with Crippen LogP contribution in [0.5, 0.6) is 11.5 Å². The molecule has 2 rings (SSSR count). The number of methoxy groups -OCH3 is 1. The lowest BCUT2D eigenvalue weighted by atomic mass is 10.1. The molecule has 0 radical (unpaired) electrons. The third-order valence-electron chi connectivity index (χ3n) is 2.55. The molecule has 1 aliphatic heterocycles. The Hall–Kier alpha value is -2.24. The van der Waals surface area contributed by atoms with Crippen molar-refractivity contribution in [2.75, 3.05) is 13.9 Å². The Kier molecular flexibility index (Phi) is 3.66. The normalized spacial score (nSPS) is 13.8. The van der Waals surface area contributed by atoms with E-state index in [4.69, 9.17) is 9.47 Å². The minimum Gasteiger partial charge on any atom is -0.454 e. The number of amides is 1. The van der Waals surface area contributed by atoms with Gasteiger partial charge in [0.2, 0.25) is 6.79 Å². The van der Waals surface area contributed by atoms with E-state index in [-0.39, 0.29) is 6.79 Å². The first-order valence-corrected chi connectivity index (χ1v) is 5.41. The third kappa shape index (κ3) is 2.71. The van der Waals surface area contributed by atoms with E-state index in [0.717, 1.165) is 5.56 Å². The fourth-order valence-corrected chi connectivity index (χ4v) is 1.67. The van der Waals surface area contributed by atoms with Gasteiger partial charge in [0.15, 0.2) is 11.5 Å². The first-order valence-electron chi connectivity index (χ1n) is 5.41. The van der Waals surface area contributed by atoms with Gasteiger partial charge < -0.3 is 24.3 Å². The van der Waals surface area contributed by atoms with E-state index >= 15 is 0 Å². The lowest BCUT2D eigenvalue weighted by molar-refractivity contribution is -0.109. The van der Waals surface area contributed by atoms with Crippen molar-refractivity contribution in [1.29, 1.82) is 0 Å². The molecule has 1 aliphatic rings. The van der Waals surface area contributed by atoms with Crippen molar-refractivity contribution >= 4 is 12.4 Å². The summed E-state index contributed by atoms with van der Waals surface area (Å²) in [5, 5.41) is 2.43. The van der Waals surface area contributed by atoms with Crippen molar-refractivity contribution < 1.29 is 23.8 Å². The Balaban J connectivity index is 2.03. The number of carbonyl (C=O) groups excluding carboxylic acids is 2. The number of benzene rings is 1. The number of aldehydes is 1. The van der Waals surface area contributed by atoms with Gasteiger partial charge >= 0.3 is 6.09 Å². The zero-order valence-corrected chi connectivity index (χ0v) is 9.84. The van der Waals surface area contributed by atoms with E-state index in [2.05, 4.69) is 10.1 Å². The molecule has 0 saturated carbocycles. The van der Waals surface area contributed by atoms with Crippen LogP contribution in [0.4, 0.5) is 4.79 Å². The van der Waals surface area contributed by atoms with Crippen LogP contribution >= 0.6 is 0 Å². The van der Waals surface area contributed by atoms with E-state index < -0.39 is 12.1 Å². The van der Waals surface area contributed by atoms with Crippen molar-refractivity contribution in [3.05, 3.63) is 23.8 Å². The first kappa shape index (κ1) is 12.2. The molecule has 0 unspecified atom stereocenters. The van der Waals surface area contributed by atoms with Crippen LogP contribution < -0.4 is 14.8 Å². The van der Waals surface area contributed by atoms with Gasteiger partial charge in [-0.2, -0.15) is 0 Å². The second-order valence-electron chi connectivity index (χ2n) is 3.77. The summed E-state index contributed by atoms with van der Waals surface area (Å²) in [6, 6.07) is 4.76. The predicted molar refractivity (Wildman–Crippen MR) is 61.7 cm³/mol. The van der Waals surface area contributed by atoms with Gasteiger partial charge in [-0.1, -0.05) is 6.07 Å². The molecule has 0 bridgehead atoms. The van der Waals surface area contributed by atoms with Gasteiger partial charge in [-0.05, 0) is 24.1 Å². The highest BCUT2D eigenvalue weighted by molar-refractivity contribution is 5.73. The van der Waals surface area contributed by atoms with Gasteiger partial charge in [0, 0.05) is 0 Å². The number of hydrogen-bond donors (Lipinski definition) is 1. The summed E-state index contributed by atoms with van der Waals surface area (Å²) < 4.78 is 14.9. The Bertz CT molecular complexity index is 460. The molecule has 1 aromatic carbocycles. The molecule has 96 valence electrons. The van der Waals surface area contributed by atoms with E-state index in [9.17, 15) is 9.59 Å². The molecular weight excluding hydrogens is 238 g/mol. The Morgan fingerprint density at radius 1 is 1.50 bits per heavy atom. The summed E-state index contributed by atoms with van der Waals surface area (Å²) in [5.74, 6) is 1.33. The number of fused-ring (bicyclic) bond motifs is 1. The summed E-state index contributed by atoms with van der Waals surface area (Å²) in [6.07, 6.45) is 0.407. The van der Waals surface area contributed by atoms with E-state index in [1.54, 1.807) is 12.1 Å². The van der Waals surface area contributed by atoms with Gasteiger partial charge in [-0.15, -0.1) is 0 Å². The van der Waals surface area contributed by atoms with Crippen LogP contribution in [-0.4, -0.2) is 32.3 Å². The second kappa shape index (κ2) is 5.39. The summed E-state index contributed by atoms with van der Waals surface area (Å²) in [6.45, 7) is 0.205. The largest absolute Gasteiger partial charge is 0.454 e. The molecule has 6 nitrogen and oxygen atoms in total. The second-order valence-corrected chi connectivity index (χ2v) is 3.77. The van der Waals surface area contributed by atoms with Crippen LogP contribution in [0.25, 0.3) is 0 Å². The average molecular weight is 251 g/mol. The monoisotopic (exact) mass is 251 g/mol. The lowest BCUT2D eigenvalue weighted by Crippen LogP contribution is -2.37. The van der Waals surface area contributed by atoms with Crippen molar-refractivity contribution in [3.8, 4) is 11.5 Å². The average Bonchev–Trinajstić information content (AvgIpc) is 2.85. The Labute approximate surface area is 104 Å². The smallest absolute Gasteiger partial charge is 0.407 e.